The second-order valence-electron chi connectivity index (χ2n) is 14.6. The fourth-order valence-corrected chi connectivity index (χ4v) is 9.15. The topological polar surface area (TPSA) is 27.1 Å². The van der Waals surface area contributed by atoms with Crippen molar-refractivity contribution in [2.45, 2.75) is 0 Å². The number of aromatic nitrogens is 2. The van der Waals surface area contributed by atoms with Crippen LogP contribution in [0.15, 0.2) is 194 Å². The second-order valence-corrected chi connectivity index (χ2v) is 14.6. The van der Waals surface area contributed by atoms with Crippen LogP contribution in [0.5, 0.6) is 11.5 Å². The molecule has 0 saturated heterocycles. The van der Waals surface area contributed by atoms with E-state index in [0.717, 1.165) is 50.7 Å². The summed E-state index contributed by atoms with van der Waals surface area (Å²) in [7, 11) is 0. The van der Waals surface area contributed by atoms with Crippen LogP contribution in [0, 0.1) is 0 Å². The van der Waals surface area contributed by atoms with Gasteiger partial charge in [-0.1, -0.05) is 170 Å². The number of nitrogens with zero attached hydrogens (tertiary/aromatic N) is 2. The Morgan fingerprint density at radius 2 is 0.946 bits per heavy atom. The third-order valence-electron chi connectivity index (χ3n) is 11.6. The molecule has 0 atom stereocenters. The van der Waals surface area contributed by atoms with Crippen LogP contribution < -0.4 is 4.74 Å². The van der Waals surface area contributed by atoms with Gasteiger partial charge in [0.25, 0.3) is 0 Å². The maximum Gasteiger partial charge on any atom is 0.159 e. The number of rotatable bonds is 4. The summed E-state index contributed by atoms with van der Waals surface area (Å²) >= 11 is 0. The summed E-state index contributed by atoms with van der Waals surface area (Å²) in [5.74, 6) is 2.53. The smallest absolute Gasteiger partial charge is 0.159 e. The highest BCUT2D eigenvalue weighted by Gasteiger charge is 2.28. The van der Waals surface area contributed by atoms with E-state index < -0.39 is 0 Å². The molecule has 260 valence electrons. The van der Waals surface area contributed by atoms with E-state index in [9.17, 15) is 0 Å². The molecule has 10 aromatic carbocycles. The molecule has 1 aliphatic rings. The maximum absolute atomic E-state index is 6.92. The van der Waals surface area contributed by atoms with Gasteiger partial charge in [0.15, 0.2) is 11.5 Å². The molecule has 0 fully saturated rings. The van der Waals surface area contributed by atoms with Gasteiger partial charge in [0, 0.05) is 11.1 Å². The van der Waals surface area contributed by atoms with Crippen molar-refractivity contribution in [2.75, 3.05) is 0 Å². The number of hydrogen-bond donors (Lipinski definition) is 0. The lowest BCUT2D eigenvalue weighted by atomic mass is 9.83. The molecule has 3 nitrogen and oxygen atoms in total. The van der Waals surface area contributed by atoms with Crippen LogP contribution in [0.4, 0.5) is 0 Å². The molecule has 0 bridgehead atoms. The average Bonchev–Trinajstić information content (AvgIpc) is 3.66. The van der Waals surface area contributed by atoms with Crippen LogP contribution in [0.25, 0.3) is 105 Å². The van der Waals surface area contributed by atoms with Crippen molar-refractivity contribution in [3.8, 4) is 62.0 Å². The summed E-state index contributed by atoms with van der Waals surface area (Å²) in [6.45, 7) is 0. The third-order valence-corrected chi connectivity index (χ3v) is 11.6. The molecule has 0 saturated carbocycles. The number of fused-ring (bicyclic) bond motifs is 6. The van der Waals surface area contributed by atoms with Crippen LogP contribution in [0.3, 0.4) is 0 Å². The molecule has 2 heterocycles. The zero-order chi connectivity index (χ0) is 36.7. The molecule has 12 rings (SSSR count). The molecule has 0 spiro atoms. The zero-order valence-electron chi connectivity index (χ0n) is 30.3. The molecule has 56 heavy (non-hydrogen) atoms. The van der Waals surface area contributed by atoms with Gasteiger partial charge in [0.2, 0.25) is 0 Å². The molecule has 0 unspecified atom stereocenters. The Hall–Kier alpha value is -7.49. The number of para-hydroxylation sites is 2. The van der Waals surface area contributed by atoms with Crippen LogP contribution in [0.2, 0.25) is 0 Å². The van der Waals surface area contributed by atoms with Gasteiger partial charge in [-0.25, -0.2) is 4.98 Å². The fraction of sp³-hybridized carbons (Fsp3) is 0. The van der Waals surface area contributed by atoms with Crippen LogP contribution in [-0.4, -0.2) is 9.55 Å². The standard InChI is InChI=1S/C53H32N2O/c1-2-16-35(17-3-1)53-54-46-27-13-29-48-51(46)55(53)47-28-12-24-39(52(47)56-48)36-30-31-44-45(32-36)50(41-26-11-19-34-15-5-7-21-38(34)41)43-23-9-8-22-42(43)49(44)40-25-10-18-33-14-4-6-20-37(33)40/h1-32H. The van der Waals surface area contributed by atoms with Crippen molar-refractivity contribution >= 4 is 54.1 Å². The van der Waals surface area contributed by atoms with Gasteiger partial charge in [-0.15, -0.1) is 0 Å². The van der Waals surface area contributed by atoms with E-state index in [1.165, 1.54) is 65.3 Å². The van der Waals surface area contributed by atoms with Gasteiger partial charge in [-0.3, -0.25) is 4.57 Å². The van der Waals surface area contributed by atoms with E-state index in [1.807, 2.05) is 12.1 Å². The number of ether oxygens (including phenoxy) is 1. The highest BCUT2D eigenvalue weighted by molar-refractivity contribution is 6.25. The van der Waals surface area contributed by atoms with Gasteiger partial charge in [0.1, 0.15) is 11.3 Å². The first-order valence-corrected chi connectivity index (χ1v) is 19.1. The van der Waals surface area contributed by atoms with Gasteiger partial charge >= 0.3 is 0 Å². The highest BCUT2D eigenvalue weighted by Crippen LogP contribution is 2.51. The van der Waals surface area contributed by atoms with Crippen LogP contribution in [0.1, 0.15) is 0 Å². The monoisotopic (exact) mass is 712 g/mol. The number of imidazole rings is 1. The number of hydrogen-bond acceptors (Lipinski definition) is 2. The van der Waals surface area contributed by atoms with Crippen molar-refractivity contribution < 1.29 is 4.74 Å². The summed E-state index contributed by atoms with van der Waals surface area (Å²) in [6.07, 6.45) is 0. The van der Waals surface area contributed by atoms with Gasteiger partial charge in [-0.05, 0) is 95.2 Å². The Kier molecular flexibility index (Phi) is 6.63. The SMILES string of the molecule is c1ccc(-c2nc3cccc4c3n2-c2cccc(-c3ccc5c(-c6cccc7ccccc67)c6ccccc6c(-c6cccc7ccccc67)c5c3)c2O4)cc1. The van der Waals surface area contributed by atoms with E-state index in [1.54, 1.807) is 0 Å². The van der Waals surface area contributed by atoms with Crippen molar-refractivity contribution in [3.63, 3.8) is 0 Å². The normalized spacial score (nSPS) is 12.1. The van der Waals surface area contributed by atoms with E-state index in [-0.39, 0.29) is 0 Å². The predicted octanol–water partition coefficient (Wildman–Crippen LogP) is 14.4. The summed E-state index contributed by atoms with van der Waals surface area (Å²) in [5, 5.41) is 9.81. The summed E-state index contributed by atoms with van der Waals surface area (Å²) < 4.78 is 9.19. The van der Waals surface area contributed by atoms with Crippen molar-refractivity contribution in [2.24, 2.45) is 0 Å². The number of benzene rings is 10. The molecular formula is C53H32N2O. The maximum atomic E-state index is 6.92. The highest BCUT2D eigenvalue weighted by atomic mass is 16.5. The predicted molar refractivity (Wildman–Crippen MR) is 233 cm³/mol. The van der Waals surface area contributed by atoms with Crippen molar-refractivity contribution in [1.82, 2.24) is 9.55 Å². The fourth-order valence-electron chi connectivity index (χ4n) is 9.15. The first-order valence-electron chi connectivity index (χ1n) is 19.1. The molecule has 0 radical (unpaired) electrons. The molecule has 11 aromatic rings. The van der Waals surface area contributed by atoms with Gasteiger partial charge < -0.3 is 4.74 Å². The lowest BCUT2D eigenvalue weighted by Gasteiger charge is -2.24. The lowest BCUT2D eigenvalue weighted by molar-refractivity contribution is 0.477. The minimum absolute atomic E-state index is 0.804. The molecule has 3 heteroatoms. The lowest BCUT2D eigenvalue weighted by Crippen LogP contribution is -2.06. The van der Waals surface area contributed by atoms with Gasteiger partial charge in [0.05, 0.1) is 11.2 Å². The largest absolute Gasteiger partial charge is 0.452 e. The molecule has 1 aromatic heterocycles. The molecule has 0 aliphatic carbocycles. The van der Waals surface area contributed by atoms with E-state index in [0.29, 0.717) is 0 Å². The summed E-state index contributed by atoms with van der Waals surface area (Å²) in [5.41, 5.74) is 11.0. The average molecular weight is 713 g/mol. The molecular weight excluding hydrogens is 681 g/mol. The van der Waals surface area contributed by atoms with Crippen LogP contribution in [-0.2, 0) is 0 Å². The quantitative estimate of drug-likeness (QED) is 0.170. The first-order chi connectivity index (χ1) is 27.8. The van der Waals surface area contributed by atoms with Crippen molar-refractivity contribution in [3.05, 3.63) is 194 Å². The Morgan fingerprint density at radius 1 is 0.393 bits per heavy atom. The Morgan fingerprint density at radius 3 is 1.66 bits per heavy atom. The first kappa shape index (κ1) is 30.9. The second kappa shape index (κ2) is 12.0. The van der Waals surface area contributed by atoms with E-state index in [2.05, 4.69) is 187 Å². The van der Waals surface area contributed by atoms with Crippen LogP contribution >= 0.6 is 0 Å². The molecule has 0 N–H and O–H groups in total. The Labute approximate surface area is 323 Å². The zero-order valence-corrected chi connectivity index (χ0v) is 30.3. The van der Waals surface area contributed by atoms with Crippen molar-refractivity contribution in [1.29, 1.82) is 0 Å². The minimum Gasteiger partial charge on any atom is -0.452 e. The molecule has 1 aliphatic heterocycles. The molecule has 0 amide bonds. The van der Waals surface area contributed by atoms with E-state index >= 15 is 0 Å². The summed E-state index contributed by atoms with van der Waals surface area (Å²) in [4.78, 5) is 5.14. The Bertz CT molecular complexity index is 3380. The third kappa shape index (κ3) is 4.49. The minimum atomic E-state index is 0.804. The van der Waals surface area contributed by atoms with Gasteiger partial charge in [-0.2, -0.15) is 0 Å². The van der Waals surface area contributed by atoms with E-state index in [4.69, 9.17) is 9.72 Å². The Balaban J connectivity index is 1.18. The summed E-state index contributed by atoms with van der Waals surface area (Å²) in [6, 6.07) is 69.8.